The van der Waals surface area contributed by atoms with Crippen LogP contribution < -0.4 is 5.32 Å². The van der Waals surface area contributed by atoms with Gasteiger partial charge in [-0.05, 0) is 31.1 Å². The average Bonchev–Trinajstić information content (AvgIpc) is 3.10. The van der Waals surface area contributed by atoms with Gasteiger partial charge in [-0.25, -0.2) is 0 Å². The van der Waals surface area contributed by atoms with Crippen LogP contribution in [-0.4, -0.2) is 30.3 Å². The van der Waals surface area contributed by atoms with Crippen LogP contribution in [0.3, 0.4) is 0 Å². The van der Waals surface area contributed by atoms with Gasteiger partial charge in [0.25, 0.3) is 5.91 Å². The molecule has 4 rings (SSSR count). The lowest BCUT2D eigenvalue weighted by Gasteiger charge is -2.51. The van der Waals surface area contributed by atoms with Crippen LogP contribution in [0.2, 0.25) is 0 Å². The second-order valence-electron chi connectivity index (χ2n) is 6.48. The van der Waals surface area contributed by atoms with E-state index in [4.69, 9.17) is 9.26 Å². The van der Waals surface area contributed by atoms with Gasteiger partial charge in [-0.2, -0.15) is 0 Å². The molecule has 23 heavy (non-hydrogen) atoms. The minimum Gasteiger partial charge on any atom is -0.381 e. The molecule has 1 saturated heterocycles. The third-order valence-corrected chi connectivity index (χ3v) is 5.27. The van der Waals surface area contributed by atoms with Gasteiger partial charge in [0.05, 0.1) is 0 Å². The van der Waals surface area contributed by atoms with Gasteiger partial charge in [-0.1, -0.05) is 35.5 Å². The van der Waals surface area contributed by atoms with E-state index < -0.39 is 0 Å². The molecule has 2 heterocycles. The number of carbonyl (C=O) groups excluding carboxylic acids is 1. The maximum Gasteiger partial charge on any atom is 0.273 e. The molecule has 1 spiro atoms. The smallest absolute Gasteiger partial charge is 0.273 e. The first-order valence-electron chi connectivity index (χ1n) is 8.18. The summed E-state index contributed by atoms with van der Waals surface area (Å²) in [5.41, 5.74) is 1.50. The molecule has 1 amide bonds. The second kappa shape index (κ2) is 5.81. The van der Waals surface area contributed by atoms with Gasteiger partial charge in [0.1, 0.15) is 0 Å². The number of nitrogens with zero attached hydrogens (tertiary/aromatic N) is 1. The zero-order chi connectivity index (χ0) is 15.7. The predicted molar refractivity (Wildman–Crippen MR) is 84.9 cm³/mol. The van der Waals surface area contributed by atoms with E-state index in [1.807, 2.05) is 30.3 Å². The van der Waals surface area contributed by atoms with Crippen LogP contribution >= 0.6 is 0 Å². The fraction of sp³-hybridized carbons (Fsp3) is 0.444. The molecule has 1 aliphatic carbocycles. The van der Waals surface area contributed by atoms with Crippen LogP contribution in [0.15, 0.2) is 40.9 Å². The molecule has 2 fully saturated rings. The highest BCUT2D eigenvalue weighted by molar-refractivity contribution is 5.93. The summed E-state index contributed by atoms with van der Waals surface area (Å²) in [5.74, 6) is 0.469. The minimum atomic E-state index is -0.147. The van der Waals surface area contributed by atoms with Crippen molar-refractivity contribution in [1.29, 1.82) is 0 Å². The van der Waals surface area contributed by atoms with E-state index in [1.54, 1.807) is 6.07 Å². The van der Waals surface area contributed by atoms with Crippen LogP contribution in [0, 0.1) is 5.41 Å². The van der Waals surface area contributed by atoms with Crippen LogP contribution in [0.25, 0.3) is 11.3 Å². The molecular weight excluding hydrogens is 292 g/mol. The fourth-order valence-corrected chi connectivity index (χ4v) is 3.65. The van der Waals surface area contributed by atoms with Gasteiger partial charge in [-0.15, -0.1) is 0 Å². The van der Waals surface area contributed by atoms with Gasteiger partial charge >= 0.3 is 0 Å². The zero-order valence-electron chi connectivity index (χ0n) is 13.0. The molecule has 1 aliphatic heterocycles. The standard InChI is InChI=1S/C18H20N2O3/c21-17(19-16-6-7-18(16)8-10-22-11-9-18)14-12-15(23-20-14)13-4-2-1-3-5-13/h1-5,12,16H,6-11H2,(H,19,21). The van der Waals surface area contributed by atoms with Crippen molar-refractivity contribution >= 4 is 5.91 Å². The van der Waals surface area contributed by atoms with Crippen LogP contribution in [-0.2, 0) is 4.74 Å². The molecule has 1 unspecified atom stereocenters. The number of aromatic nitrogens is 1. The molecule has 5 heteroatoms. The summed E-state index contributed by atoms with van der Waals surface area (Å²) >= 11 is 0. The second-order valence-corrected chi connectivity index (χ2v) is 6.48. The molecule has 1 N–H and O–H groups in total. The fourth-order valence-electron chi connectivity index (χ4n) is 3.65. The Morgan fingerprint density at radius 2 is 1.96 bits per heavy atom. The van der Waals surface area contributed by atoms with Crippen molar-refractivity contribution in [2.45, 2.75) is 31.7 Å². The Bertz CT molecular complexity index is 689. The highest BCUT2D eigenvalue weighted by Gasteiger charge is 2.48. The summed E-state index contributed by atoms with van der Waals surface area (Å²) in [6, 6.07) is 11.6. The van der Waals surface area contributed by atoms with Crippen molar-refractivity contribution in [3.63, 3.8) is 0 Å². The van der Waals surface area contributed by atoms with E-state index >= 15 is 0 Å². The van der Waals surface area contributed by atoms with E-state index in [-0.39, 0.29) is 17.4 Å². The van der Waals surface area contributed by atoms with E-state index in [0.29, 0.717) is 11.5 Å². The Morgan fingerprint density at radius 1 is 1.17 bits per heavy atom. The highest BCUT2D eigenvalue weighted by atomic mass is 16.5. The normalized spacial score (nSPS) is 22.5. The lowest BCUT2D eigenvalue weighted by Crippen LogP contribution is -2.57. The van der Waals surface area contributed by atoms with Gasteiger partial charge in [0.15, 0.2) is 11.5 Å². The van der Waals surface area contributed by atoms with Crippen molar-refractivity contribution in [2.24, 2.45) is 5.41 Å². The Balaban J connectivity index is 1.45. The third-order valence-electron chi connectivity index (χ3n) is 5.27. The highest BCUT2D eigenvalue weighted by Crippen LogP contribution is 2.48. The Kier molecular flexibility index (Phi) is 3.65. The maximum absolute atomic E-state index is 12.5. The maximum atomic E-state index is 12.5. The van der Waals surface area contributed by atoms with Crippen LogP contribution in [0.1, 0.15) is 36.2 Å². The molecule has 0 radical (unpaired) electrons. The van der Waals surface area contributed by atoms with E-state index in [0.717, 1.165) is 38.0 Å². The molecule has 2 aliphatic rings. The minimum absolute atomic E-state index is 0.147. The largest absolute Gasteiger partial charge is 0.381 e. The van der Waals surface area contributed by atoms with Crippen molar-refractivity contribution in [3.8, 4) is 11.3 Å². The van der Waals surface area contributed by atoms with Crippen LogP contribution in [0.5, 0.6) is 0 Å². The summed E-state index contributed by atoms with van der Waals surface area (Å²) in [6.07, 6.45) is 4.28. The number of nitrogens with one attached hydrogen (secondary N) is 1. The van der Waals surface area contributed by atoms with E-state index in [9.17, 15) is 4.79 Å². The van der Waals surface area contributed by atoms with Gasteiger partial charge in [0.2, 0.25) is 0 Å². The SMILES string of the molecule is O=C(NC1CCC12CCOCC2)c1cc(-c2ccccc2)on1. The monoisotopic (exact) mass is 312 g/mol. The number of rotatable bonds is 3. The Labute approximate surface area is 135 Å². The average molecular weight is 312 g/mol. The van der Waals surface area contributed by atoms with Gasteiger partial charge in [0, 0.05) is 30.9 Å². The van der Waals surface area contributed by atoms with Gasteiger partial charge < -0.3 is 14.6 Å². The summed E-state index contributed by atoms with van der Waals surface area (Å²) in [6.45, 7) is 1.60. The lowest BCUT2D eigenvalue weighted by molar-refractivity contribution is -0.0523. The number of benzene rings is 1. The number of carbonyl (C=O) groups is 1. The Morgan fingerprint density at radius 3 is 2.65 bits per heavy atom. The first kappa shape index (κ1) is 14.5. The van der Waals surface area contributed by atoms with Crippen molar-refractivity contribution in [1.82, 2.24) is 10.5 Å². The number of hydrogen-bond acceptors (Lipinski definition) is 4. The van der Waals surface area contributed by atoms with Gasteiger partial charge in [-0.3, -0.25) is 4.79 Å². The molecular formula is C18H20N2O3. The summed E-state index contributed by atoms with van der Waals surface area (Å²) in [5, 5.41) is 7.07. The molecule has 5 nitrogen and oxygen atoms in total. The van der Waals surface area contributed by atoms with Crippen molar-refractivity contribution in [3.05, 3.63) is 42.1 Å². The van der Waals surface area contributed by atoms with Crippen molar-refractivity contribution in [2.75, 3.05) is 13.2 Å². The number of amides is 1. The first-order chi connectivity index (χ1) is 11.3. The van der Waals surface area contributed by atoms with Crippen molar-refractivity contribution < 1.29 is 14.1 Å². The molecule has 1 atom stereocenters. The molecule has 120 valence electrons. The molecule has 2 aromatic rings. The zero-order valence-corrected chi connectivity index (χ0v) is 13.0. The van der Waals surface area contributed by atoms with Crippen LogP contribution in [0.4, 0.5) is 0 Å². The van der Waals surface area contributed by atoms with E-state index in [2.05, 4.69) is 10.5 Å². The quantitative estimate of drug-likeness (QED) is 0.946. The Hall–Kier alpha value is -2.14. The topological polar surface area (TPSA) is 64.4 Å². The molecule has 1 aromatic heterocycles. The van der Waals surface area contributed by atoms with E-state index in [1.165, 1.54) is 6.42 Å². The molecule has 0 bridgehead atoms. The lowest BCUT2D eigenvalue weighted by atomic mass is 9.60. The number of hydrogen-bond donors (Lipinski definition) is 1. The third kappa shape index (κ3) is 2.65. The molecule has 1 aromatic carbocycles. The summed E-state index contributed by atoms with van der Waals surface area (Å²) < 4.78 is 10.8. The molecule has 1 saturated carbocycles. The predicted octanol–water partition coefficient (Wildman–Crippen LogP) is 3.03. The first-order valence-corrected chi connectivity index (χ1v) is 8.18. The number of ether oxygens (including phenoxy) is 1. The summed E-state index contributed by atoms with van der Waals surface area (Å²) in [4.78, 5) is 12.5. The summed E-state index contributed by atoms with van der Waals surface area (Å²) in [7, 11) is 0.